The summed E-state index contributed by atoms with van der Waals surface area (Å²) in [6, 6.07) is 20.5. The summed E-state index contributed by atoms with van der Waals surface area (Å²) in [5.41, 5.74) is 10.2. The van der Waals surface area contributed by atoms with E-state index in [0.717, 1.165) is 18.2 Å². The maximum absolute atomic E-state index is 14.6. The van der Waals surface area contributed by atoms with E-state index in [4.69, 9.17) is 20.9 Å². The molecule has 20 heteroatoms. The molecule has 2 aliphatic heterocycles. The predicted octanol–water partition coefficient (Wildman–Crippen LogP) is 4.59. The molecule has 0 saturated heterocycles. The van der Waals surface area contributed by atoms with Gasteiger partial charge in [-0.05, 0) is 102 Å². The minimum absolute atomic E-state index is 0.00199. The zero-order valence-electron chi connectivity index (χ0n) is 39.3. The molecule has 4 heterocycles. The first-order chi connectivity index (χ1) is 33.9. The monoisotopic (exact) mass is 1010 g/mol. The van der Waals surface area contributed by atoms with Gasteiger partial charge in [0.15, 0.2) is 19.7 Å². The van der Waals surface area contributed by atoms with E-state index in [2.05, 4.69) is 27.5 Å². The number of benzene rings is 4. The zero-order chi connectivity index (χ0) is 51.1. The van der Waals surface area contributed by atoms with Gasteiger partial charge < -0.3 is 51.8 Å². The van der Waals surface area contributed by atoms with E-state index >= 15 is 0 Å². The van der Waals surface area contributed by atoms with E-state index < -0.39 is 71.6 Å². The van der Waals surface area contributed by atoms with Crippen molar-refractivity contribution in [2.45, 2.75) is 78.5 Å². The number of carbonyl (C=O) groups excluding carboxylic acids is 4. The molecule has 6 aliphatic rings. The predicted molar refractivity (Wildman–Crippen MR) is 259 cm³/mol. The molecule has 370 valence electrons. The number of H-pyrrole nitrogens is 2. The summed E-state index contributed by atoms with van der Waals surface area (Å²) in [6.45, 7) is 6.99. The summed E-state index contributed by atoms with van der Waals surface area (Å²) in [7, 11) is -7.87. The Labute approximate surface area is 412 Å². The molecule has 10 N–H and O–H groups in total. The quantitative estimate of drug-likeness (QED) is 0.0871. The Balaban J connectivity index is 0.826. The van der Waals surface area contributed by atoms with Gasteiger partial charge in [0.2, 0.25) is 22.6 Å². The van der Waals surface area contributed by atoms with Crippen LogP contribution in [0.15, 0.2) is 95.0 Å². The molecule has 12 rings (SSSR count). The van der Waals surface area contributed by atoms with Crippen molar-refractivity contribution in [3.63, 3.8) is 0 Å². The number of amides is 2. The molecule has 4 aliphatic carbocycles. The fourth-order valence-electron chi connectivity index (χ4n) is 12.2. The number of anilines is 2. The average molecular weight is 1010 g/mol. The smallest absolute Gasteiger partial charge is 0.271 e. The number of rotatable bonds is 10. The van der Waals surface area contributed by atoms with Gasteiger partial charge in [0, 0.05) is 46.1 Å². The maximum Gasteiger partial charge on any atom is 0.271 e. The second-order valence-electron chi connectivity index (χ2n) is 20.4. The lowest BCUT2D eigenvalue weighted by atomic mass is 9.82. The summed E-state index contributed by atoms with van der Waals surface area (Å²) < 4.78 is 66.0. The third-order valence-corrected chi connectivity index (χ3v) is 19.1. The number of aryl methyl sites for hydroxylation is 1. The highest BCUT2D eigenvalue weighted by Gasteiger charge is 2.74. The van der Waals surface area contributed by atoms with E-state index in [0.29, 0.717) is 11.5 Å². The fraction of sp³-hybridized carbons (Fsp3) is 0.308. The van der Waals surface area contributed by atoms with E-state index in [9.17, 15) is 46.2 Å². The number of hydrogen-bond donors (Lipinski definition) is 8. The van der Waals surface area contributed by atoms with Crippen molar-refractivity contribution in [1.29, 1.82) is 0 Å². The van der Waals surface area contributed by atoms with Gasteiger partial charge in [-0.25, -0.2) is 16.8 Å². The number of aromatic nitrogens is 2. The zero-order valence-corrected chi connectivity index (χ0v) is 41.0. The highest BCUT2D eigenvalue weighted by molar-refractivity contribution is 7.91. The Hall–Kier alpha value is -7.26. The number of sulfone groups is 2. The van der Waals surface area contributed by atoms with Crippen molar-refractivity contribution >= 4 is 54.4 Å². The van der Waals surface area contributed by atoms with Crippen molar-refractivity contribution in [3.05, 3.63) is 152 Å². The molecule has 72 heavy (non-hydrogen) atoms. The van der Waals surface area contributed by atoms with Crippen LogP contribution >= 0.6 is 0 Å². The van der Waals surface area contributed by atoms with Crippen LogP contribution in [-0.4, -0.2) is 72.4 Å². The fourth-order valence-corrected chi connectivity index (χ4v) is 14.9. The van der Waals surface area contributed by atoms with Gasteiger partial charge in [-0.15, -0.1) is 0 Å². The van der Waals surface area contributed by atoms with Gasteiger partial charge in [-0.2, -0.15) is 0 Å². The van der Waals surface area contributed by atoms with Crippen LogP contribution in [0.25, 0.3) is 0 Å². The lowest BCUT2D eigenvalue weighted by molar-refractivity contribution is -0.169. The minimum atomic E-state index is -4.13. The second-order valence-corrected chi connectivity index (χ2v) is 24.4. The molecular formula is C52H48N6O12S2. The normalized spacial score (nSPS) is 29.0. The van der Waals surface area contributed by atoms with Crippen molar-refractivity contribution in [1.82, 2.24) is 20.6 Å². The SMILES string of the molecule is Cc1cc(S(=O)(=O)CC2C(c3ccc4c(c3)OC3(O)c5cccc(N)c5C(=O)C43NC(=O)c3[nH]cc(S(C)(=O)=O)c3C)[C@@H]2C)[nH]c1C(=O)NC12C(=O)c3c(N)cccc3C1(O)Oc1cc([C@@H]3C[C@@H]3C)ccc12. The van der Waals surface area contributed by atoms with Gasteiger partial charge in [-0.1, -0.05) is 62.4 Å². The van der Waals surface area contributed by atoms with E-state index in [-0.39, 0.29) is 112 Å². The Kier molecular flexibility index (Phi) is 9.21. The molecule has 2 saturated carbocycles. The molecule has 6 aromatic rings. The summed E-state index contributed by atoms with van der Waals surface area (Å²) in [5.74, 6) is -8.45. The summed E-state index contributed by atoms with van der Waals surface area (Å²) >= 11 is 0. The Morgan fingerprint density at radius 2 is 1.26 bits per heavy atom. The number of ketones is 2. The summed E-state index contributed by atoms with van der Waals surface area (Å²) in [5, 5.41) is 30.3. The highest BCUT2D eigenvalue weighted by atomic mass is 32.2. The Bertz CT molecular complexity index is 3750. The van der Waals surface area contributed by atoms with Crippen LogP contribution in [0, 0.1) is 31.6 Å². The topological polar surface area (TPSA) is 303 Å². The van der Waals surface area contributed by atoms with E-state index in [1.807, 2.05) is 13.0 Å². The Morgan fingerprint density at radius 3 is 1.78 bits per heavy atom. The molecule has 2 fully saturated rings. The van der Waals surface area contributed by atoms with Gasteiger partial charge in [0.1, 0.15) is 27.9 Å². The number of carbonyl (C=O) groups is 4. The van der Waals surface area contributed by atoms with Crippen LogP contribution in [-0.2, 0) is 42.3 Å². The molecular weight excluding hydrogens is 965 g/mol. The molecule has 0 radical (unpaired) electrons. The molecule has 6 unspecified atom stereocenters. The standard InChI is InChI=1S/C52H48N6O12S2/c1-22-16-28(22)26-12-14-30-36(18-26)69-51(63)32-8-6-10-34(53)41(32)45(59)49(30,51)57-47(61)43-23(2)17-39(56-43)72(67,68)21-29-24(3)40(29)27-13-15-31-37(19-27)70-52(64)33-9-7-11-35(54)42(33)46(60)50(31,52)58-48(62)44-25(4)38(20-55-44)71(5,65)66/h6-15,17-20,22,24,28-29,40,55-56,63-64H,16,21,53-54H2,1-5H3,(H,57,61)(H,58,62)/t22-,24+,28+,29?,40?,49?,50?,51?,52?/m0/s1. The number of ether oxygens (including phenoxy) is 2. The lowest BCUT2D eigenvalue weighted by Gasteiger charge is -2.34. The van der Waals surface area contributed by atoms with Crippen molar-refractivity contribution in [2.75, 3.05) is 23.5 Å². The molecule has 0 bridgehead atoms. The third-order valence-electron chi connectivity index (χ3n) is 16.2. The second kappa shape index (κ2) is 14.5. The van der Waals surface area contributed by atoms with Crippen molar-refractivity contribution in [2.24, 2.45) is 17.8 Å². The van der Waals surface area contributed by atoms with E-state index in [1.54, 1.807) is 37.3 Å². The number of hydrogen-bond acceptors (Lipinski definition) is 14. The minimum Gasteiger partial charge on any atom is -0.454 e. The van der Waals surface area contributed by atoms with Gasteiger partial charge in [-0.3, -0.25) is 19.2 Å². The van der Waals surface area contributed by atoms with E-state index in [1.165, 1.54) is 55.6 Å². The number of nitrogen functional groups attached to an aromatic ring is 2. The molecule has 0 spiro atoms. The molecule has 9 atom stereocenters. The van der Waals surface area contributed by atoms with Gasteiger partial charge in [0.05, 0.1) is 21.8 Å². The number of fused-ring (bicyclic) bond motifs is 10. The van der Waals surface area contributed by atoms with Gasteiger partial charge in [0.25, 0.3) is 23.4 Å². The number of Topliss-reactive ketones (excluding diaryl/α,β-unsaturated/α-hetero) is 2. The van der Waals surface area contributed by atoms with Crippen molar-refractivity contribution < 1.29 is 55.7 Å². The van der Waals surface area contributed by atoms with Gasteiger partial charge >= 0.3 is 0 Å². The summed E-state index contributed by atoms with van der Waals surface area (Å²) in [4.78, 5) is 63.2. The molecule has 18 nitrogen and oxygen atoms in total. The largest absolute Gasteiger partial charge is 0.454 e. The first-order valence-corrected chi connectivity index (χ1v) is 26.9. The average Bonchev–Trinajstić information content (AvgIpc) is 3.80. The van der Waals surface area contributed by atoms with Crippen LogP contribution in [0.3, 0.4) is 0 Å². The highest BCUT2D eigenvalue weighted by Crippen LogP contribution is 2.63. The van der Waals surface area contributed by atoms with Crippen LogP contribution in [0.1, 0.15) is 118 Å². The number of nitrogens with one attached hydrogen (secondary N) is 4. The van der Waals surface area contributed by atoms with Crippen LogP contribution in [0.5, 0.6) is 11.5 Å². The maximum atomic E-state index is 14.6. The number of aromatic amines is 2. The first-order valence-electron chi connectivity index (χ1n) is 23.3. The van der Waals surface area contributed by atoms with Crippen LogP contribution in [0.2, 0.25) is 0 Å². The molecule has 2 amide bonds. The van der Waals surface area contributed by atoms with Crippen LogP contribution < -0.4 is 31.6 Å². The molecule has 2 aromatic heterocycles. The number of aliphatic hydroxyl groups is 2. The van der Waals surface area contributed by atoms with Crippen LogP contribution in [0.4, 0.5) is 11.4 Å². The Morgan fingerprint density at radius 1 is 0.750 bits per heavy atom. The lowest BCUT2D eigenvalue weighted by Crippen LogP contribution is -2.60. The third kappa shape index (κ3) is 5.82. The first kappa shape index (κ1) is 45.9. The summed E-state index contributed by atoms with van der Waals surface area (Å²) in [6.07, 6.45) is 3.14. The van der Waals surface area contributed by atoms with Crippen molar-refractivity contribution in [3.8, 4) is 11.5 Å². The number of nitrogens with two attached hydrogens (primary N) is 2. The molecule has 4 aromatic carbocycles.